The Bertz CT molecular complexity index is 616. The highest BCUT2D eigenvalue weighted by Gasteiger charge is 2.16. The fraction of sp³-hybridized carbons (Fsp3) is 0.200. The molecule has 0 heterocycles. The van der Waals surface area contributed by atoms with Crippen molar-refractivity contribution in [3.05, 3.63) is 41.0 Å². The van der Waals surface area contributed by atoms with Crippen molar-refractivity contribution in [1.29, 1.82) is 0 Å². The lowest BCUT2D eigenvalue weighted by atomic mass is 9.95. The summed E-state index contributed by atoms with van der Waals surface area (Å²) >= 11 is 0. The van der Waals surface area contributed by atoms with E-state index in [4.69, 9.17) is 0 Å². The van der Waals surface area contributed by atoms with Gasteiger partial charge in [0, 0.05) is 11.1 Å². The Morgan fingerprint density at radius 3 is 2.11 bits per heavy atom. The normalized spacial score (nSPS) is 10.6. The van der Waals surface area contributed by atoms with Gasteiger partial charge in [0.25, 0.3) is 0 Å². The lowest BCUT2D eigenvalue weighted by molar-refractivity contribution is 0.393. The minimum Gasteiger partial charge on any atom is -0.508 e. The number of hydrogen-bond acceptors (Lipinski definition) is 3. The average Bonchev–Trinajstić information content (AvgIpc) is 2.35. The number of benzene rings is 2. The van der Waals surface area contributed by atoms with Gasteiger partial charge in [-0.05, 0) is 43.5 Å². The monoisotopic (exact) mass is 244 g/mol. The van der Waals surface area contributed by atoms with Crippen LogP contribution < -0.4 is 0 Å². The van der Waals surface area contributed by atoms with E-state index in [0.717, 1.165) is 16.7 Å². The molecular weight excluding hydrogens is 228 g/mol. The molecule has 18 heavy (non-hydrogen) atoms. The molecule has 0 saturated heterocycles. The molecule has 3 N–H and O–H groups in total. The Hall–Kier alpha value is -2.16. The van der Waals surface area contributed by atoms with Crippen LogP contribution in [0.5, 0.6) is 17.2 Å². The van der Waals surface area contributed by atoms with Crippen molar-refractivity contribution < 1.29 is 15.3 Å². The van der Waals surface area contributed by atoms with Crippen LogP contribution in [0.25, 0.3) is 11.1 Å². The smallest absolute Gasteiger partial charge is 0.166 e. The molecule has 0 aliphatic carbocycles. The zero-order valence-corrected chi connectivity index (χ0v) is 10.7. The van der Waals surface area contributed by atoms with Crippen molar-refractivity contribution in [1.82, 2.24) is 0 Å². The van der Waals surface area contributed by atoms with E-state index in [1.165, 1.54) is 6.07 Å². The van der Waals surface area contributed by atoms with Gasteiger partial charge in [-0.25, -0.2) is 0 Å². The van der Waals surface area contributed by atoms with Crippen LogP contribution in [-0.4, -0.2) is 15.3 Å². The van der Waals surface area contributed by atoms with Crippen LogP contribution in [0.15, 0.2) is 24.3 Å². The quantitative estimate of drug-likeness (QED) is 0.532. The fourth-order valence-corrected chi connectivity index (χ4v) is 1.99. The maximum absolute atomic E-state index is 10.0. The summed E-state index contributed by atoms with van der Waals surface area (Å²) in [6.45, 7) is 5.47. The molecule has 0 fully saturated rings. The first-order valence-corrected chi connectivity index (χ1v) is 5.74. The van der Waals surface area contributed by atoms with Crippen LogP contribution in [-0.2, 0) is 0 Å². The number of phenols is 3. The summed E-state index contributed by atoms with van der Waals surface area (Å²) in [6, 6.07) is 7.19. The van der Waals surface area contributed by atoms with Crippen LogP contribution in [0.1, 0.15) is 16.7 Å². The molecule has 94 valence electrons. The van der Waals surface area contributed by atoms with E-state index in [2.05, 4.69) is 0 Å². The van der Waals surface area contributed by atoms with E-state index in [1.54, 1.807) is 6.92 Å². The van der Waals surface area contributed by atoms with Crippen LogP contribution in [0.3, 0.4) is 0 Å². The van der Waals surface area contributed by atoms with Crippen molar-refractivity contribution >= 4 is 0 Å². The molecule has 0 unspecified atom stereocenters. The summed E-state index contributed by atoms with van der Waals surface area (Å²) in [7, 11) is 0. The standard InChI is InChI=1S/C15H16O3/c1-8-5-4-6-11(9(8)2)12-7-13(16)10(3)14(17)15(12)18/h4-7,16-18H,1-3H3. The van der Waals surface area contributed by atoms with Gasteiger partial charge in [0.1, 0.15) is 5.75 Å². The van der Waals surface area contributed by atoms with Crippen LogP contribution >= 0.6 is 0 Å². The van der Waals surface area contributed by atoms with Crippen LogP contribution in [0.4, 0.5) is 0 Å². The van der Waals surface area contributed by atoms with Crippen LogP contribution in [0.2, 0.25) is 0 Å². The van der Waals surface area contributed by atoms with Gasteiger partial charge in [0.05, 0.1) is 0 Å². The maximum atomic E-state index is 10.0. The molecule has 0 aliphatic heterocycles. The molecule has 2 rings (SSSR count). The molecule has 3 nitrogen and oxygen atoms in total. The van der Waals surface area contributed by atoms with Crippen molar-refractivity contribution in [3.63, 3.8) is 0 Å². The van der Waals surface area contributed by atoms with Crippen molar-refractivity contribution in [2.45, 2.75) is 20.8 Å². The SMILES string of the molecule is Cc1cccc(-c2cc(O)c(C)c(O)c2O)c1C. The van der Waals surface area contributed by atoms with Crippen molar-refractivity contribution in [2.75, 3.05) is 0 Å². The fourth-order valence-electron chi connectivity index (χ4n) is 1.99. The highest BCUT2D eigenvalue weighted by molar-refractivity contribution is 5.79. The second-order valence-electron chi connectivity index (χ2n) is 4.51. The third-order valence-corrected chi connectivity index (χ3v) is 3.39. The molecule has 0 amide bonds. The molecule has 0 atom stereocenters. The highest BCUT2D eigenvalue weighted by Crippen LogP contribution is 2.44. The van der Waals surface area contributed by atoms with E-state index in [-0.39, 0.29) is 22.8 Å². The molecule has 2 aromatic carbocycles. The first-order chi connectivity index (χ1) is 8.43. The lowest BCUT2D eigenvalue weighted by Crippen LogP contribution is -1.89. The Labute approximate surface area is 106 Å². The van der Waals surface area contributed by atoms with E-state index in [0.29, 0.717) is 5.56 Å². The molecule has 2 aromatic rings. The minimum atomic E-state index is -0.272. The molecule has 0 saturated carbocycles. The highest BCUT2D eigenvalue weighted by atomic mass is 16.3. The molecule has 3 heteroatoms. The topological polar surface area (TPSA) is 60.7 Å². The van der Waals surface area contributed by atoms with Gasteiger partial charge < -0.3 is 15.3 Å². The van der Waals surface area contributed by atoms with Gasteiger partial charge in [0.15, 0.2) is 11.5 Å². The Morgan fingerprint density at radius 2 is 1.44 bits per heavy atom. The number of rotatable bonds is 1. The molecule has 0 aromatic heterocycles. The van der Waals surface area contributed by atoms with Crippen LogP contribution in [0, 0.1) is 20.8 Å². The zero-order valence-electron chi connectivity index (χ0n) is 10.7. The number of aryl methyl sites for hydroxylation is 1. The van der Waals surface area contributed by atoms with E-state index in [9.17, 15) is 15.3 Å². The third kappa shape index (κ3) is 1.78. The second-order valence-corrected chi connectivity index (χ2v) is 4.51. The number of aromatic hydroxyl groups is 3. The zero-order chi connectivity index (χ0) is 13.4. The molecule has 0 spiro atoms. The Balaban J connectivity index is 2.76. The maximum Gasteiger partial charge on any atom is 0.166 e. The first kappa shape index (κ1) is 12.3. The largest absolute Gasteiger partial charge is 0.508 e. The minimum absolute atomic E-state index is 0.0267. The first-order valence-electron chi connectivity index (χ1n) is 5.74. The van der Waals surface area contributed by atoms with Gasteiger partial charge in [0.2, 0.25) is 0 Å². The van der Waals surface area contributed by atoms with Gasteiger partial charge in [-0.15, -0.1) is 0 Å². The summed E-state index contributed by atoms with van der Waals surface area (Å²) in [5.41, 5.74) is 3.62. The summed E-state index contributed by atoms with van der Waals surface area (Å²) in [4.78, 5) is 0. The Morgan fingerprint density at radius 1 is 0.778 bits per heavy atom. The van der Waals surface area contributed by atoms with E-state index < -0.39 is 0 Å². The summed E-state index contributed by atoms with van der Waals surface area (Å²) in [5, 5.41) is 29.5. The van der Waals surface area contributed by atoms with E-state index >= 15 is 0 Å². The predicted octanol–water partition coefficient (Wildman–Crippen LogP) is 3.40. The predicted molar refractivity (Wildman–Crippen MR) is 71.1 cm³/mol. The van der Waals surface area contributed by atoms with Gasteiger partial charge in [-0.2, -0.15) is 0 Å². The van der Waals surface area contributed by atoms with Gasteiger partial charge in [-0.1, -0.05) is 18.2 Å². The molecule has 0 bridgehead atoms. The van der Waals surface area contributed by atoms with Gasteiger partial charge >= 0.3 is 0 Å². The van der Waals surface area contributed by atoms with E-state index in [1.807, 2.05) is 32.0 Å². The summed E-state index contributed by atoms with van der Waals surface area (Å²) in [5.74, 6) is -0.494. The summed E-state index contributed by atoms with van der Waals surface area (Å²) in [6.07, 6.45) is 0. The molecule has 0 radical (unpaired) electrons. The van der Waals surface area contributed by atoms with Gasteiger partial charge in [-0.3, -0.25) is 0 Å². The Kier molecular flexibility index (Phi) is 2.91. The third-order valence-electron chi connectivity index (χ3n) is 3.39. The summed E-state index contributed by atoms with van der Waals surface area (Å²) < 4.78 is 0. The molecular formula is C15H16O3. The van der Waals surface area contributed by atoms with Crippen molar-refractivity contribution in [2.24, 2.45) is 0 Å². The number of hydrogen-bond donors (Lipinski definition) is 3. The number of phenolic OH excluding ortho intramolecular Hbond substituents is 3. The molecule has 0 aliphatic rings. The van der Waals surface area contributed by atoms with Crippen molar-refractivity contribution in [3.8, 4) is 28.4 Å². The average molecular weight is 244 g/mol. The second kappa shape index (κ2) is 4.26. The lowest BCUT2D eigenvalue weighted by Gasteiger charge is -2.13.